The van der Waals surface area contributed by atoms with Gasteiger partial charge in [-0.25, -0.2) is 17.5 Å². The van der Waals surface area contributed by atoms with Crippen molar-refractivity contribution in [3.05, 3.63) is 29.0 Å². The van der Waals surface area contributed by atoms with Crippen LogP contribution in [0.25, 0.3) is 0 Å². The Hall–Kier alpha value is -0.650. The van der Waals surface area contributed by atoms with Gasteiger partial charge in [-0.1, -0.05) is 25.4 Å². The maximum atomic E-state index is 12.8. The van der Waals surface area contributed by atoms with Crippen molar-refractivity contribution in [2.45, 2.75) is 25.2 Å². The molecule has 0 aliphatic heterocycles. The second-order valence-electron chi connectivity index (χ2n) is 4.16. The first kappa shape index (κ1) is 14.4. The van der Waals surface area contributed by atoms with Crippen LogP contribution in [0.5, 0.6) is 0 Å². The molecule has 0 saturated carbocycles. The van der Waals surface area contributed by atoms with Gasteiger partial charge in [0.15, 0.2) is 0 Å². The first-order chi connectivity index (χ1) is 7.83. The molecule has 0 heterocycles. The molecule has 1 N–H and O–H groups in total. The van der Waals surface area contributed by atoms with Crippen molar-refractivity contribution in [1.29, 1.82) is 0 Å². The van der Waals surface area contributed by atoms with Crippen LogP contribution in [0.4, 0.5) is 4.39 Å². The first-order valence-electron chi connectivity index (χ1n) is 5.27. The molecule has 0 atom stereocenters. The molecule has 3 nitrogen and oxygen atoms in total. The molecule has 1 aromatic carbocycles. The SMILES string of the molecule is CC(C)CCNS(=O)(=O)c1ccc(F)cc1Cl. The molecule has 0 bridgehead atoms. The van der Waals surface area contributed by atoms with Crippen LogP contribution >= 0.6 is 11.6 Å². The first-order valence-corrected chi connectivity index (χ1v) is 7.14. The molecule has 0 spiro atoms. The van der Waals surface area contributed by atoms with E-state index in [1.807, 2.05) is 13.8 Å². The minimum atomic E-state index is -3.65. The van der Waals surface area contributed by atoms with Gasteiger partial charge in [-0.15, -0.1) is 0 Å². The van der Waals surface area contributed by atoms with E-state index >= 15 is 0 Å². The highest BCUT2D eigenvalue weighted by Crippen LogP contribution is 2.21. The van der Waals surface area contributed by atoms with Gasteiger partial charge in [-0.3, -0.25) is 0 Å². The second kappa shape index (κ2) is 5.80. The molecule has 1 aromatic rings. The highest BCUT2D eigenvalue weighted by Gasteiger charge is 2.17. The minimum absolute atomic E-state index is 0.0932. The molecule has 0 aliphatic rings. The third-order valence-electron chi connectivity index (χ3n) is 2.20. The van der Waals surface area contributed by atoms with E-state index in [4.69, 9.17) is 11.6 Å². The quantitative estimate of drug-likeness (QED) is 0.901. The maximum absolute atomic E-state index is 12.8. The summed E-state index contributed by atoms with van der Waals surface area (Å²) in [4.78, 5) is -0.0932. The van der Waals surface area contributed by atoms with Crippen LogP contribution in [-0.4, -0.2) is 15.0 Å². The Morgan fingerprint density at radius 3 is 2.59 bits per heavy atom. The van der Waals surface area contributed by atoms with Crippen molar-refractivity contribution in [2.24, 2.45) is 5.92 Å². The lowest BCUT2D eigenvalue weighted by atomic mass is 10.1. The summed E-state index contributed by atoms with van der Waals surface area (Å²) in [6.07, 6.45) is 0.734. The maximum Gasteiger partial charge on any atom is 0.242 e. The standard InChI is InChI=1S/C11H15ClFNO2S/c1-8(2)5-6-14-17(15,16)11-4-3-9(13)7-10(11)12/h3-4,7-8,14H,5-6H2,1-2H3. The summed E-state index contributed by atoms with van der Waals surface area (Å²) in [7, 11) is -3.65. The summed E-state index contributed by atoms with van der Waals surface area (Å²) < 4.78 is 38.9. The monoisotopic (exact) mass is 279 g/mol. The van der Waals surface area contributed by atoms with E-state index in [9.17, 15) is 12.8 Å². The van der Waals surface area contributed by atoms with Crippen molar-refractivity contribution in [1.82, 2.24) is 4.72 Å². The van der Waals surface area contributed by atoms with Crippen molar-refractivity contribution in [3.63, 3.8) is 0 Å². The molecular weight excluding hydrogens is 265 g/mol. The fourth-order valence-corrected chi connectivity index (χ4v) is 2.83. The van der Waals surface area contributed by atoms with Gasteiger partial charge in [0.05, 0.1) is 5.02 Å². The van der Waals surface area contributed by atoms with E-state index in [0.717, 1.165) is 24.6 Å². The van der Waals surface area contributed by atoms with E-state index in [-0.39, 0.29) is 9.92 Å². The van der Waals surface area contributed by atoms with Gasteiger partial charge < -0.3 is 0 Å². The lowest BCUT2D eigenvalue weighted by molar-refractivity contribution is 0.551. The zero-order chi connectivity index (χ0) is 13.1. The topological polar surface area (TPSA) is 46.2 Å². The van der Waals surface area contributed by atoms with Crippen LogP contribution in [0.15, 0.2) is 23.1 Å². The molecule has 96 valence electrons. The van der Waals surface area contributed by atoms with Gasteiger partial charge in [0.2, 0.25) is 10.0 Å². The molecule has 0 aromatic heterocycles. The molecule has 1 rings (SSSR count). The Balaban J connectivity index is 2.83. The van der Waals surface area contributed by atoms with E-state index < -0.39 is 15.8 Å². The average molecular weight is 280 g/mol. The number of benzene rings is 1. The average Bonchev–Trinajstić information content (AvgIpc) is 2.15. The van der Waals surface area contributed by atoms with Gasteiger partial charge in [-0.05, 0) is 30.5 Å². The second-order valence-corrected chi connectivity index (χ2v) is 6.30. The molecule has 0 unspecified atom stereocenters. The number of halogens is 2. The Morgan fingerprint density at radius 2 is 2.06 bits per heavy atom. The molecule has 0 saturated heterocycles. The highest BCUT2D eigenvalue weighted by atomic mass is 35.5. The predicted molar refractivity (Wildman–Crippen MR) is 66.1 cm³/mol. The molecule has 6 heteroatoms. The van der Waals surface area contributed by atoms with Crippen LogP contribution in [0.1, 0.15) is 20.3 Å². The van der Waals surface area contributed by atoms with Gasteiger partial charge in [-0.2, -0.15) is 0 Å². The smallest absolute Gasteiger partial charge is 0.211 e. The molecule has 0 amide bonds. The summed E-state index contributed by atoms with van der Waals surface area (Å²) in [6.45, 7) is 4.34. The van der Waals surface area contributed by atoms with Crippen LogP contribution in [-0.2, 0) is 10.0 Å². The van der Waals surface area contributed by atoms with Gasteiger partial charge in [0, 0.05) is 6.54 Å². The predicted octanol–water partition coefficient (Wildman–Crippen LogP) is 2.80. The van der Waals surface area contributed by atoms with Gasteiger partial charge >= 0.3 is 0 Å². The number of sulfonamides is 1. The zero-order valence-electron chi connectivity index (χ0n) is 9.70. The molecule has 0 radical (unpaired) electrons. The van der Waals surface area contributed by atoms with Gasteiger partial charge in [0.1, 0.15) is 10.7 Å². The number of rotatable bonds is 5. The summed E-state index contributed by atoms with van der Waals surface area (Å²) in [5, 5.41) is -0.109. The fourth-order valence-electron chi connectivity index (χ4n) is 1.25. The summed E-state index contributed by atoms with van der Waals surface area (Å²) in [5.41, 5.74) is 0. The van der Waals surface area contributed by atoms with Crippen molar-refractivity contribution < 1.29 is 12.8 Å². The van der Waals surface area contributed by atoms with Crippen molar-refractivity contribution >= 4 is 21.6 Å². The van der Waals surface area contributed by atoms with E-state index in [1.165, 1.54) is 0 Å². The fraction of sp³-hybridized carbons (Fsp3) is 0.455. The molecular formula is C11H15ClFNO2S. The van der Waals surface area contributed by atoms with Crippen LogP contribution in [0, 0.1) is 11.7 Å². The Kier molecular flexibility index (Phi) is 4.91. The van der Waals surface area contributed by atoms with E-state index in [1.54, 1.807) is 0 Å². The normalized spacial score (nSPS) is 12.1. The van der Waals surface area contributed by atoms with E-state index in [0.29, 0.717) is 12.5 Å². The molecule has 17 heavy (non-hydrogen) atoms. The largest absolute Gasteiger partial charge is 0.242 e. The third kappa shape index (κ3) is 4.26. The number of hydrogen-bond acceptors (Lipinski definition) is 2. The lowest BCUT2D eigenvalue weighted by Crippen LogP contribution is -2.25. The molecule has 0 aliphatic carbocycles. The molecule has 0 fully saturated rings. The zero-order valence-corrected chi connectivity index (χ0v) is 11.3. The number of nitrogens with one attached hydrogen (secondary N) is 1. The van der Waals surface area contributed by atoms with E-state index in [2.05, 4.69) is 4.72 Å². The van der Waals surface area contributed by atoms with Crippen molar-refractivity contribution in [3.8, 4) is 0 Å². The Morgan fingerprint density at radius 1 is 1.41 bits per heavy atom. The Labute approximate surface area is 106 Å². The summed E-state index contributed by atoms with van der Waals surface area (Å²) >= 11 is 5.70. The van der Waals surface area contributed by atoms with Gasteiger partial charge in [0.25, 0.3) is 0 Å². The van der Waals surface area contributed by atoms with Crippen LogP contribution in [0.2, 0.25) is 5.02 Å². The third-order valence-corrected chi connectivity index (χ3v) is 4.14. The lowest BCUT2D eigenvalue weighted by Gasteiger charge is -2.09. The Bertz CT molecular complexity index is 488. The summed E-state index contributed by atoms with van der Waals surface area (Å²) in [5.74, 6) is -0.155. The summed E-state index contributed by atoms with van der Waals surface area (Å²) in [6, 6.07) is 3.22. The number of hydrogen-bond donors (Lipinski definition) is 1. The van der Waals surface area contributed by atoms with Crippen LogP contribution < -0.4 is 4.72 Å². The van der Waals surface area contributed by atoms with Crippen LogP contribution in [0.3, 0.4) is 0 Å². The highest BCUT2D eigenvalue weighted by molar-refractivity contribution is 7.89. The minimum Gasteiger partial charge on any atom is -0.211 e. The van der Waals surface area contributed by atoms with Crippen molar-refractivity contribution in [2.75, 3.05) is 6.54 Å².